The lowest BCUT2D eigenvalue weighted by atomic mass is 9.78. The highest BCUT2D eigenvalue weighted by Gasteiger charge is 2.74. The Morgan fingerprint density at radius 2 is 1.62 bits per heavy atom. The Morgan fingerprint density at radius 3 is 2.23 bits per heavy atom. The number of aryl methyl sites for hydroxylation is 1. The number of carbonyl (C=O) groups excluding carboxylic acids is 1. The number of alkyl halides is 7. The highest BCUT2D eigenvalue weighted by molar-refractivity contribution is 8.00. The molecule has 1 aliphatic carbocycles. The number of fused-ring (bicyclic) bond motifs is 3. The molecule has 3 heterocycles. The summed E-state index contributed by atoms with van der Waals surface area (Å²) in [6, 6.07) is 5.51. The van der Waals surface area contributed by atoms with Gasteiger partial charge in [0.2, 0.25) is 5.91 Å². The SMILES string of the molecule is O=C(C1CCS(=O)CC1)N1CCC2(Sc3ccc(F)cc3)c3cnc(C(F)(C(F)(F)F)C(F)(F)F)cc3CCC12. The van der Waals surface area contributed by atoms with Gasteiger partial charge in [0.05, 0.1) is 16.5 Å². The third-order valence-corrected chi connectivity index (χ3v) is 11.0. The molecule has 2 atom stereocenters. The number of amides is 1. The minimum Gasteiger partial charge on any atom is -0.338 e. The molecule has 0 radical (unpaired) electrons. The maximum atomic E-state index is 14.8. The van der Waals surface area contributed by atoms with E-state index < -0.39 is 51.1 Å². The molecule has 0 spiro atoms. The predicted molar refractivity (Wildman–Crippen MR) is 132 cm³/mol. The van der Waals surface area contributed by atoms with Crippen LogP contribution in [0, 0.1) is 11.7 Å². The van der Waals surface area contributed by atoms with E-state index in [4.69, 9.17) is 0 Å². The van der Waals surface area contributed by atoms with E-state index in [1.54, 1.807) is 4.90 Å². The zero-order valence-corrected chi connectivity index (χ0v) is 22.5. The molecule has 0 saturated carbocycles. The lowest BCUT2D eigenvalue weighted by molar-refractivity contribution is -0.350. The van der Waals surface area contributed by atoms with E-state index in [0.717, 1.165) is 6.20 Å². The number of hydrogen-bond donors (Lipinski definition) is 0. The Balaban J connectivity index is 1.57. The van der Waals surface area contributed by atoms with Crippen molar-refractivity contribution < 1.29 is 44.1 Å². The predicted octanol–water partition coefficient (Wildman–Crippen LogP) is 6.20. The largest absolute Gasteiger partial charge is 0.437 e. The van der Waals surface area contributed by atoms with E-state index in [1.165, 1.54) is 36.0 Å². The smallest absolute Gasteiger partial charge is 0.338 e. The molecule has 2 saturated heterocycles. The van der Waals surface area contributed by atoms with Gasteiger partial charge in [0.15, 0.2) is 0 Å². The molecule has 0 N–H and O–H groups in total. The summed E-state index contributed by atoms with van der Waals surface area (Å²) in [6.07, 6.45) is -10.3. The van der Waals surface area contributed by atoms with Crippen molar-refractivity contribution in [3.05, 3.63) is 59.2 Å². The topological polar surface area (TPSA) is 50.3 Å². The van der Waals surface area contributed by atoms with Crippen LogP contribution in [0.2, 0.25) is 0 Å². The van der Waals surface area contributed by atoms with Gasteiger partial charge in [-0.15, -0.1) is 11.8 Å². The fraction of sp³-hybridized carbons (Fsp3) is 0.538. The Labute approximate surface area is 231 Å². The van der Waals surface area contributed by atoms with Gasteiger partial charge in [-0.1, -0.05) is 0 Å². The lowest BCUT2D eigenvalue weighted by Gasteiger charge is -2.43. The maximum Gasteiger partial charge on any atom is 0.437 e. The zero-order chi connectivity index (χ0) is 29.1. The van der Waals surface area contributed by atoms with Crippen LogP contribution in [-0.2, 0) is 32.4 Å². The second kappa shape index (κ2) is 10.2. The number of hydrogen-bond acceptors (Lipinski definition) is 4. The van der Waals surface area contributed by atoms with Crippen molar-refractivity contribution in [2.45, 2.75) is 65.8 Å². The van der Waals surface area contributed by atoms with Gasteiger partial charge in [-0.05, 0) is 73.6 Å². The first-order valence-corrected chi connectivity index (χ1v) is 14.9. The molecule has 218 valence electrons. The van der Waals surface area contributed by atoms with Gasteiger partial charge in [-0.3, -0.25) is 14.0 Å². The first kappa shape index (κ1) is 29.3. The molecular weight excluding hydrogens is 588 g/mol. The molecule has 5 rings (SSSR count). The van der Waals surface area contributed by atoms with Crippen molar-refractivity contribution in [1.82, 2.24) is 9.88 Å². The maximum absolute atomic E-state index is 14.8. The van der Waals surface area contributed by atoms with Crippen molar-refractivity contribution in [2.75, 3.05) is 18.1 Å². The summed E-state index contributed by atoms with van der Waals surface area (Å²) in [5, 5.41) is 0. The van der Waals surface area contributed by atoms with Gasteiger partial charge in [-0.2, -0.15) is 26.3 Å². The highest BCUT2D eigenvalue weighted by atomic mass is 32.2. The van der Waals surface area contributed by atoms with Crippen molar-refractivity contribution in [3.8, 4) is 0 Å². The second-order valence-electron chi connectivity index (χ2n) is 10.3. The Bertz CT molecular complexity index is 1290. The van der Waals surface area contributed by atoms with Crippen molar-refractivity contribution in [1.29, 1.82) is 0 Å². The first-order chi connectivity index (χ1) is 18.7. The minimum absolute atomic E-state index is 0.00546. The van der Waals surface area contributed by atoms with E-state index in [0.29, 0.717) is 47.3 Å². The van der Waals surface area contributed by atoms with Crippen LogP contribution < -0.4 is 0 Å². The monoisotopic (exact) mass is 612 g/mol. The summed E-state index contributed by atoms with van der Waals surface area (Å²) < 4.78 is 120. The van der Waals surface area contributed by atoms with Gasteiger partial charge < -0.3 is 4.90 Å². The third kappa shape index (κ3) is 4.82. The van der Waals surface area contributed by atoms with Gasteiger partial charge in [-0.25, -0.2) is 8.78 Å². The van der Waals surface area contributed by atoms with E-state index in [-0.39, 0.29) is 36.8 Å². The fourth-order valence-electron chi connectivity index (χ4n) is 6.01. The molecule has 1 aromatic heterocycles. The molecule has 1 aromatic carbocycles. The first-order valence-electron chi connectivity index (χ1n) is 12.6. The molecule has 1 amide bonds. The van der Waals surface area contributed by atoms with Gasteiger partial charge >= 0.3 is 18.0 Å². The van der Waals surface area contributed by atoms with Crippen LogP contribution in [0.3, 0.4) is 0 Å². The second-order valence-corrected chi connectivity index (χ2v) is 13.4. The van der Waals surface area contributed by atoms with Crippen molar-refractivity contribution in [2.24, 2.45) is 5.92 Å². The molecule has 2 fully saturated rings. The molecule has 0 bridgehead atoms. The Morgan fingerprint density at radius 1 is 1.00 bits per heavy atom. The standard InChI is InChI=1S/C26H24F8N2O2S2/c27-17-2-4-18(5-3-17)39-23-9-10-36(22(37)15-7-11-40(38)12-8-15)21(23)6-1-16-13-20(35-14-19(16)23)24(28,25(29,30)31)26(32,33)34/h2-5,13-15,21H,1,6-12H2. The molecule has 4 nitrogen and oxygen atoms in total. The summed E-state index contributed by atoms with van der Waals surface area (Å²) in [7, 11) is -0.981. The van der Waals surface area contributed by atoms with Crippen LogP contribution in [0.15, 0.2) is 41.4 Å². The molecule has 14 heteroatoms. The van der Waals surface area contributed by atoms with E-state index >= 15 is 0 Å². The quantitative estimate of drug-likeness (QED) is 0.386. The summed E-state index contributed by atoms with van der Waals surface area (Å²) in [6.45, 7) is 0.274. The number of aromatic nitrogens is 1. The van der Waals surface area contributed by atoms with Crippen LogP contribution in [0.25, 0.3) is 0 Å². The number of thioether (sulfide) groups is 1. The number of halogens is 8. The third-order valence-electron chi connectivity index (χ3n) is 8.04. The van der Waals surface area contributed by atoms with Gasteiger partial charge in [0.1, 0.15) is 5.82 Å². The van der Waals surface area contributed by atoms with Crippen LogP contribution in [0.4, 0.5) is 35.1 Å². The van der Waals surface area contributed by atoms with E-state index in [9.17, 15) is 44.1 Å². The number of rotatable bonds is 4. The fourth-order valence-corrected chi connectivity index (χ4v) is 8.87. The van der Waals surface area contributed by atoms with Crippen LogP contribution in [0.5, 0.6) is 0 Å². The molecular formula is C26H24F8N2O2S2. The molecule has 40 heavy (non-hydrogen) atoms. The molecule has 2 unspecified atom stereocenters. The highest BCUT2D eigenvalue weighted by Crippen LogP contribution is 2.58. The van der Waals surface area contributed by atoms with Crippen LogP contribution in [0.1, 0.15) is 42.5 Å². The van der Waals surface area contributed by atoms with Crippen LogP contribution in [-0.4, -0.2) is 56.4 Å². The minimum atomic E-state index is -6.29. The summed E-state index contributed by atoms with van der Waals surface area (Å²) >= 11 is 1.24. The molecule has 2 aromatic rings. The number of pyridine rings is 1. The summed E-state index contributed by atoms with van der Waals surface area (Å²) in [5.41, 5.74) is -7.02. The molecule has 3 aliphatic rings. The average Bonchev–Trinajstić information content (AvgIpc) is 3.27. The van der Waals surface area contributed by atoms with E-state index in [2.05, 4.69) is 4.98 Å². The van der Waals surface area contributed by atoms with Gasteiger partial charge in [0.25, 0.3) is 0 Å². The number of nitrogens with zero attached hydrogens (tertiary/aromatic N) is 2. The Hall–Kier alpha value is -2.22. The average molecular weight is 613 g/mol. The number of carbonyl (C=O) groups is 1. The van der Waals surface area contributed by atoms with E-state index in [1.807, 2.05) is 0 Å². The lowest BCUT2D eigenvalue weighted by Crippen LogP contribution is -2.51. The summed E-state index contributed by atoms with van der Waals surface area (Å²) in [4.78, 5) is 19.3. The van der Waals surface area contributed by atoms with Crippen molar-refractivity contribution >= 4 is 28.5 Å². The zero-order valence-electron chi connectivity index (χ0n) is 20.8. The van der Waals surface area contributed by atoms with Crippen molar-refractivity contribution in [3.63, 3.8) is 0 Å². The number of likely N-dealkylation sites (tertiary alicyclic amines) is 1. The normalized spacial score (nSPS) is 27.3. The molecule has 2 aliphatic heterocycles. The summed E-state index contributed by atoms with van der Waals surface area (Å²) in [5.74, 6) is -0.150. The Kier molecular flexibility index (Phi) is 7.50. The van der Waals surface area contributed by atoms with Gasteiger partial charge in [0, 0.05) is 45.9 Å². The number of benzene rings is 1. The van der Waals surface area contributed by atoms with Crippen LogP contribution >= 0.6 is 11.8 Å².